The molecule has 0 aliphatic heterocycles. The van der Waals surface area contributed by atoms with Crippen LogP contribution in [0, 0.1) is 13.8 Å². The molecule has 0 saturated carbocycles. The van der Waals surface area contributed by atoms with E-state index in [1.165, 1.54) is 38.1 Å². The van der Waals surface area contributed by atoms with Crippen molar-refractivity contribution in [1.82, 2.24) is 15.0 Å². The van der Waals surface area contributed by atoms with E-state index in [2.05, 4.69) is 122 Å². The summed E-state index contributed by atoms with van der Waals surface area (Å²) >= 11 is 0. The highest BCUT2D eigenvalue weighted by molar-refractivity contribution is 6.25. The molecule has 8 aromatic rings. The molecule has 0 aliphatic rings. The molecule has 0 spiro atoms. The smallest absolute Gasteiger partial charge is 0.0791 e. The zero-order valence-electron chi connectivity index (χ0n) is 23.5. The first-order chi connectivity index (χ1) is 20.7. The van der Waals surface area contributed by atoms with Crippen molar-refractivity contribution in [3.63, 3.8) is 0 Å². The Bertz CT molecular complexity index is 2290. The first-order valence-electron chi connectivity index (χ1n) is 14.3. The maximum absolute atomic E-state index is 5.40. The average Bonchev–Trinajstić information content (AvgIpc) is 3.06. The summed E-state index contributed by atoms with van der Waals surface area (Å²) in [7, 11) is 0. The molecule has 42 heavy (non-hydrogen) atoms. The van der Waals surface area contributed by atoms with Crippen LogP contribution >= 0.6 is 0 Å². The van der Waals surface area contributed by atoms with Gasteiger partial charge in [0, 0.05) is 45.1 Å². The van der Waals surface area contributed by atoms with E-state index >= 15 is 0 Å². The lowest BCUT2D eigenvalue weighted by molar-refractivity contribution is 1.33. The lowest BCUT2D eigenvalue weighted by Crippen LogP contribution is -1.99. The van der Waals surface area contributed by atoms with Crippen molar-refractivity contribution >= 4 is 43.4 Å². The number of hydrogen-bond acceptors (Lipinski definition) is 3. The van der Waals surface area contributed by atoms with Crippen LogP contribution in [0.1, 0.15) is 11.1 Å². The second-order valence-electron chi connectivity index (χ2n) is 10.9. The van der Waals surface area contributed by atoms with Gasteiger partial charge in [0.05, 0.1) is 22.4 Å². The molecule has 0 saturated heterocycles. The fourth-order valence-corrected chi connectivity index (χ4v) is 6.57. The Morgan fingerprint density at radius 2 is 0.929 bits per heavy atom. The van der Waals surface area contributed by atoms with E-state index in [1.807, 2.05) is 24.5 Å². The third-order valence-corrected chi connectivity index (χ3v) is 8.49. The number of aromatic nitrogens is 3. The molecule has 0 fully saturated rings. The lowest BCUT2D eigenvalue weighted by Gasteiger charge is -2.21. The second kappa shape index (κ2) is 9.60. The largest absolute Gasteiger partial charge is 0.265 e. The van der Waals surface area contributed by atoms with Gasteiger partial charge >= 0.3 is 0 Å². The Hall–Kier alpha value is -5.41. The summed E-state index contributed by atoms with van der Waals surface area (Å²) in [5, 5.41) is 7.20. The Balaban J connectivity index is 1.60. The molecule has 3 heterocycles. The molecule has 0 radical (unpaired) electrons. The van der Waals surface area contributed by atoms with E-state index in [4.69, 9.17) is 9.97 Å². The van der Waals surface area contributed by atoms with Crippen LogP contribution < -0.4 is 0 Å². The van der Waals surface area contributed by atoms with Crippen LogP contribution in [-0.2, 0) is 0 Å². The number of aryl methyl sites for hydroxylation is 2. The summed E-state index contributed by atoms with van der Waals surface area (Å²) < 4.78 is 0. The number of hydrogen-bond donors (Lipinski definition) is 0. The molecule has 3 aromatic heterocycles. The van der Waals surface area contributed by atoms with Crippen molar-refractivity contribution in [3.8, 4) is 33.6 Å². The van der Waals surface area contributed by atoms with E-state index < -0.39 is 0 Å². The van der Waals surface area contributed by atoms with E-state index in [1.54, 1.807) is 0 Å². The summed E-state index contributed by atoms with van der Waals surface area (Å²) in [6.07, 6.45) is 3.68. The van der Waals surface area contributed by atoms with Gasteiger partial charge in [0.15, 0.2) is 0 Å². The van der Waals surface area contributed by atoms with Crippen molar-refractivity contribution in [1.29, 1.82) is 0 Å². The maximum atomic E-state index is 5.40. The molecular formula is C39H27N3. The van der Waals surface area contributed by atoms with Crippen molar-refractivity contribution in [2.24, 2.45) is 0 Å². The van der Waals surface area contributed by atoms with Crippen LogP contribution in [0.25, 0.3) is 77.0 Å². The van der Waals surface area contributed by atoms with Gasteiger partial charge in [-0.3, -0.25) is 4.98 Å². The van der Waals surface area contributed by atoms with E-state index in [9.17, 15) is 0 Å². The summed E-state index contributed by atoms with van der Waals surface area (Å²) in [6, 6.07) is 40.4. The molecule has 0 unspecified atom stereocenters. The highest BCUT2D eigenvalue weighted by Crippen LogP contribution is 2.45. The number of fused-ring (bicyclic) bond motifs is 6. The van der Waals surface area contributed by atoms with Gasteiger partial charge in [0.2, 0.25) is 0 Å². The average molecular weight is 538 g/mol. The van der Waals surface area contributed by atoms with Crippen molar-refractivity contribution in [3.05, 3.63) is 139 Å². The minimum Gasteiger partial charge on any atom is -0.265 e. The fourth-order valence-electron chi connectivity index (χ4n) is 6.57. The predicted molar refractivity (Wildman–Crippen MR) is 176 cm³/mol. The van der Waals surface area contributed by atoms with Gasteiger partial charge in [-0.05, 0) is 71.1 Å². The minimum absolute atomic E-state index is 0.979. The number of rotatable bonds is 3. The van der Waals surface area contributed by atoms with Gasteiger partial charge in [-0.15, -0.1) is 0 Å². The molecule has 0 aliphatic carbocycles. The molecule has 0 amide bonds. The van der Waals surface area contributed by atoms with Crippen LogP contribution in [0.3, 0.4) is 0 Å². The SMILES string of the molecule is Cc1c2c(-c3ccccc3)nc3cc(-c4ccncc4)ccc3c2c(C)c2c(-c3ccccc3)nc3ccccc3c12. The highest BCUT2D eigenvalue weighted by atomic mass is 14.7. The molecule has 198 valence electrons. The first kappa shape index (κ1) is 24.4. The number of pyridine rings is 3. The Morgan fingerprint density at radius 1 is 0.405 bits per heavy atom. The maximum Gasteiger partial charge on any atom is 0.0791 e. The van der Waals surface area contributed by atoms with Gasteiger partial charge in [-0.1, -0.05) is 91.0 Å². The van der Waals surface area contributed by atoms with E-state index in [0.29, 0.717) is 0 Å². The molecule has 0 atom stereocenters. The van der Waals surface area contributed by atoms with Gasteiger partial charge < -0.3 is 0 Å². The molecular weight excluding hydrogens is 510 g/mol. The Morgan fingerprint density at radius 3 is 1.55 bits per heavy atom. The van der Waals surface area contributed by atoms with Crippen LogP contribution in [0.4, 0.5) is 0 Å². The summed E-state index contributed by atoms with van der Waals surface area (Å²) in [5.74, 6) is 0. The van der Waals surface area contributed by atoms with E-state index in [-0.39, 0.29) is 0 Å². The Kier molecular flexibility index (Phi) is 5.58. The highest BCUT2D eigenvalue weighted by Gasteiger charge is 2.22. The third kappa shape index (κ3) is 3.71. The lowest BCUT2D eigenvalue weighted by atomic mass is 9.85. The summed E-state index contributed by atoms with van der Waals surface area (Å²) in [5.41, 5.74) is 11.0. The predicted octanol–water partition coefficient (Wildman–Crippen LogP) is 10.1. The van der Waals surface area contributed by atoms with Gasteiger partial charge in [0.1, 0.15) is 0 Å². The molecule has 8 rings (SSSR count). The topological polar surface area (TPSA) is 38.7 Å². The third-order valence-electron chi connectivity index (χ3n) is 8.49. The van der Waals surface area contributed by atoms with Crippen molar-refractivity contribution < 1.29 is 0 Å². The van der Waals surface area contributed by atoms with E-state index in [0.717, 1.165) is 50.1 Å². The minimum atomic E-state index is 0.979. The number of para-hydroxylation sites is 1. The normalized spacial score (nSPS) is 11.6. The number of nitrogens with zero attached hydrogens (tertiary/aromatic N) is 3. The molecule has 0 bridgehead atoms. The first-order valence-corrected chi connectivity index (χ1v) is 14.3. The van der Waals surface area contributed by atoms with Crippen LogP contribution in [0.15, 0.2) is 128 Å². The second-order valence-corrected chi connectivity index (χ2v) is 10.9. The van der Waals surface area contributed by atoms with Crippen molar-refractivity contribution in [2.45, 2.75) is 13.8 Å². The molecule has 5 aromatic carbocycles. The standard InChI is InChI=1S/C39H27N3/c1-24-34-30-15-9-10-16-32(30)41-38(27-11-5-3-6-12-27)36(34)25(2)35-31-18-17-29(26-19-21-40-22-20-26)23-33(31)42-39(37(24)35)28-13-7-4-8-14-28/h3-23H,1-2H3. The van der Waals surface area contributed by atoms with Crippen LogP contribution in [0.2, 0.25) is 0 Å². The van der Waals surface area contributed by atoms with Crippen LogP contribution in [0.5, 0.6) is 0 Å². The molecule has 0 N–H and O–H groups in total. The van der Waals surface area contributed by atoms with Gasteiger partial charge in [0.25, 0.3) is 0 Å². The Labute approximate surface area is 244 Å². The van der Waals surface area contributed by atoms with Crippen molar-refractivity contribution in [2.75, 3.05) is 0 Å². The number of benzene rings is 5. The quantitative estimate of drug-likeness (QED) is 0.166. The monoisotopic (exact) mass is 537 g/mol. The molecule has 3 nitrogen and oxygen atoms in total. The summed E-state index contributed by atoms with van der Waals surface area (Å²) in [6.45, 7) is 4.52. The van der Waals surface area contributed by atoms with Crippen LogP contribution in [-0.4, -0.2) is 15.0 Å². The molecule has 3 heteroatoms. The van der Waals surface area contributed by atoms with Gasteiger partial charge in [-0.2, -0.15) is 0 Å². The zero-order chi connectivity index (χ0) is 28.2. The summed E-state index contributed by atoms with van der Waals surface area (Å²) in [4.78, 5) is 14.9. The zero-order valence-corrected chi connectivity index (χ0v) is 23.5. The fraction of sp³-hybridized carbons (Fsp3) is 0.0513. The van der Waals surface area contributed by atoms with Gasteiger partial charge in [-0.25, -0.2) is 9.97 Å².